The lowest BCUT2D eigenvalue weighted by atomic mass is 9.95. The number of rotatable bonds is 9. The Hall–Kier alpha value is -2.85. The number of thioether (sulfide) groups is 1. The number of hydrogen-bond donors (Lipinski definition) is 1. The monoisotopic (exact) mass is 528 g/mol. The first-order valence-electron chi connectivity index (χ1n) is 12.2. The van der Waals surface area contributed by atoms with Gasteiger partial charge in [0.1, 0.15) is 10.8 Å². The van der Waals surface area contributed by atoms with Gasteiger partial charge in [-0.25, -0.2) is 4.79 Å². The number of thiophene rings is 1. The standard InChI is InChI=1S/C26H32N4O4S2/c1-6-33-25(32)22-19-9-7-8-10-20(19)36-24(22)27-21(31)14-35-26-29-28-23(30(26)5)17(4)34-18-12-11-15(2)16(3)13-18/h11-13,17H,6-10,14H2,1-5H3,(H,27,31). The van der Waals surface area contributed by atoms with Gasteiger partial charge in [-0.3, -0.25) is 4.79 Å². The predicted molar refractivity (Wildman–Crippen MR) is 142 cm³/mol. The van der Waals surface area contributed by atoms with Crippen LogP contribution in [0.5, 0.6) is 5.75 Å². The van der Waals surface area contributed by atoms with Crippen molar-refractivity contribution in [2.45, 2.75) is 64.6 Å². The summed E-state index contributed by atoms with van der Waals surface area (Å²) in [6.07, 6.45) is 3.60. The number of aromatic nitrogens is 3. The largest absolute Gasteiger partial charge is 0.483 e. The highest BCUT2D eigenvalue weighted by Gasteiger charge is 2.27. The van der Waals surface area contributed by atoms with Gasteiger partial charge in [-0.1, -0.05) is 17.8 Å². The fraction of sp³-hybridized carbons (Fsp3) is 0.462. The molecule has 0 saturated heterocycles. The molecule has 1 N–H and O–H groups in total. The van der Waals surface area contributed by atoms with Crippen LogP contribution < -0.4 is 10.1 Å². The Kier molecular flexibility index (Phi) is 8.35. The van der Waals surface area contributed by atoms with Crippen LogP contribution >= 0.6 is 23.1 Å². The average molecular weight is 529 g/mol. The highest BCUT2D eigenvalue weighted by atomic mass is 32.2. The number of fused-ring (bicyclic) bond motifs is 1. The summed E-state index contributed by atoms with van der Waals surface area (Å²) in [4.78, 5) is 26.6. The Morgan fingerprint density at radius 1 is 1.19 bits per heavy atom. The maximum Gasteiger partial charge on any atom is 0.341 e. The molecule has 8 nitrogen and oxygen atoms in total. The van der Waals surface area contributed by atoms with Crippen LogP contribution in [0, 0.1) is 13.8 Å². The molecule has 0 spiro atoms. The van der Waals surface area contributed by atoms with Crippen molar-refractivity contribution in [1.82, 2.24) is 14.8 Å². The third-order valence-corrected chi connectivity index (χ3v) is 8.49. The van der Waals surface area contributed by atoms with E-state index in [9.17, 15) is 9.59 Å². The van der Waals surface area contributed by atoms with Crippen LogP contribution in [0.3, 0.4) is 0 Å². The Balaban J connectivity index is 1.40. The summed E-state index contributed by atoms with van der Waals surface area (Å²) in [5, 5.41) is 12.7. The molecule has 1 atom stereocenters. The molecule has 2 heterocycles. The maximum atomic E-state index is 12.8. The van der Waals surface area contributed by atoms with Crippen LogP contribution in [0.4, 0.5) is 5.00 Å². The number of carbonyl (C=O) groups excluding carboxylic acids is 2. The van der Waals surface area contributed by atoms with Crippen molar-refractivity contribution in [2.24, 2.45) is 7.05 Å². The van der Waals surface area contributed by atoms with Crippen LogP contribution in [0.25, 0.3) is 0 Å². The van der Waals surface area contributed by atoms with E-state index in [1.165, 1.54) is 33.5 Å². The second-order valence-electron chi connectivity index (χ2n) is 8.88. The molecule has 36 heavy (non-hydrogen) atoms. The third-order valence-electron chi connectivity index (χ3n) is 6.26. The van der Waals surface area contributed by atoms with E-state index in [1.54, 1.807) is 6.92 Å². The molecule has 0 radical (unpaired) electrons. The first kappa shape index (κ1) is 26.2. The summed E-state index contributed by atoms with van der Waals surface area (Å²) in [6.45, 7) is 8.13. The lowest BCUT2D eigenvalue weighted by Crippen LogP contribution is -2.17. The molecule has 1 aromatic carbocycles. The van der Waals surface area contributed by atoms with Gasteiger partial charge in [0.25, 0.3) is 0 Å². The van der Waals surface area contributed by atoms with E-state index in [1.807, 2.05) is 36.7 Å². The van der Waals surface area contributed by atoms with E-state index in [2.05, 4.69) is 29.4 Å². The Morgan fingerprint density at radius 3 is 2.72 bits per heavy atom. The summed E-state index contributed by atoms with van der Waals surface area (Å²) in [7, 11) is 1.86. The van der Waals surface area contributed by atoms with E-state index >= 15 is 0 Å². The molecule has 10 heteroatoms. The van der Waals surface area contributed by atoms with Crippen molar-refractivity contribution in [3.63, 3.8) is 0 Å². The van der Waals surface area contributed by atoms with E-state index in [0.717, 1.165) is 42.6 Å². The van der Waals surface area contributed by atoms with Gasteiger partial charge >= 0.3 is 5.97 Å². The Morgan fingerprint density at radius 2 is 1.97 bits per heavy atom. The third kappa shape index (κ3) is 5.75. The fourth-order valence-corrected chi connectivity index (χ4v) is 6.23. The molecule has 192 valence electrons. The Bertz CT molecular complexity index is 1270. The number of anilines is 1. The van der Waals surface area contributed by atoms with Gasteiger partial charge in [-0.2, -0.15) is 0 Å². The molecular weight excluding hydrogens is 496 g/mol. The van der Waals surface area contributed by atoms with E-state index in [-0.39, 0.29) is 23.7 Å². The SMILES string of the molecule is CCOC(=O)c1c(NC(=O)CSc2nnc(C(C)Oc3ccc(C)c(C)c3)n2C)sc2c1CCCC2. The maximum absolute atomic E-state index is 12.8. The lowest BCUT2D eigenvalue weighted by Gasteiger charge is -2.15. The second-order valence-corrected chi connectivity index (χ2v) is 10.9. The molecule has 1 aliphatic rings. The number of carbonyl (C=O) groups is 2. The molecule has 0 aliphatic heterocycles. The van der Waals surface area contributed by atoms with Crippen LogP contribution in [0.2, 0.25) is 0 Å². The van der Waals surface area contributed by atoms with Crippen molar-refractivity contribution in [3.8, 4) is 5.75 Å². The zero-order valence-corrected chi connectivity index (χ0v) is 23.0. The summed E-state index contributed by atoms with van der Waals surface area (Å²) in [6, 6.07) is 5.99. The van der Waals surface area contributed by atoms with Gasteiger partial charge in [0.2, 0.25) is 5.91 Å². The van der Waals surface area contributed by atoms with Gasteiger partial charge in [-0.05, 0) is 82.2 Å². The highest BCUT2D eigenvalue weighted by molar-refractivity contribution is 7.99. The van der Waals surface area contributed by atoms with Crippen molar-refractivity contribution in [2.75, 3.05) is 17.7 Å². The summed E-state index contributed by atoms with van der Waals surface area (Å²) in [5.74, 6) is 1.03. The molecular formula is C26H32N4O4S2. The second kappa shape index (κ2) is 11.5. The number of benzene rings is 1. The summed E-state index contributed by atoms with van der Waals surface area (Å²) in [5.41, 5.74) is 3.93. The molecule has 0 bridgehead atoms. The van der Waals surface area contributed by atoms with Crippen LogP contribution in [-0.2, 0) is 29.4 Å². The first-order chi connectivity index (χ1) is 17.3. The van der Waals surface area contributed by atoms with Crippen LogP contribution in [0.1, 0.15) is 70.5 Å². The topological polar surface area (TPSA) is 95.3 Å². The number of aryl methyl sites for hydroxylation is 3. The highest BCUT2D eigenvalue weighted by Crippen LogP contribution is 2.38. The number of esters is 1. The Labute approximate surface area is 219 Å². The molecule has 0 fully saturated rings. The molecule has 1 aliphatic carbocycles. The first-order valence-corrected chi connectivity index (χ1v) is 14.0. The number of nitrogens with zero attached hydrogens (tertiary/aromatic N) is 3. The minimum atomic E-state index is -0.365. The smallest absolute Gasteiger partial charge is 0.341 e. The van der Waals surface area contributed by atoms with Gasteiger partial charge in [0, 0.05) is 11.9 Å². The van der Waals surface area contributed by atoms with E-state index in [4.69, 9.17) is 9.47 Å². The van der Waals surface area contributed by atoms with Crippen molar-refractivity contribution in [3.05, 3.63) is 51.2 Å². The summed E-state index contributed by atoms with van der Waals surface area (Å²) < 4.78 is 13.2. The lowest BCUT2D eigenvalue weighted by molar-refractivity contribution is -0.113. The number of nitrogens with one attached hydrogen (secondary N) is 1. The average Bonchev–Trinajstić information content (AvgIpc) is 3.40. The molecule has 3 aromatic rings. The minimum Gasteiger partial charge on any atom is -0.483 e. The van der Waals surface area contributed by atoms with E-state index in [0.29, 0.717) is 28.2 Å². The summed E-state index contributed by atoms with van der Waals surface area (Å²) >= 11 is 2.78. The van der Waals surface area contributed by atoms with Crippen molar-refractivity contribution in [1.29, 1.82) is 0 Å². The van der Waals surface area contributed by atoms with Gasteiger partial charge < -0.3 is 19.4 Å². The van der Waals surface area contributed by atoms with Gasteiger partial charge in [0.05, 0.1) is 17.9 Å². The number of ether oxygens (including phenoxy) is 2. The molecule has 1 amide bonds. The zero-order chi connectivity index (χ0) is 25.8. The molecule has 2 aromatic heterocycles. The predicted octanol–water partition coefficient (Wildman–Crippen LogP) is 5.42. The van der Waals surface area contributed by atoms with Gasteiger partial charge in [-0.15, -0.1) is 21.5 Å². The molecule has 0 saturated carbocycles. The van der Waals surface area contributed by atoms with Crippen molar-refractivity contribution < 1.29 is 19.1 Å². The van der Waals surface area contributed by atoms with Crippen molar-refractivity contribution >= 4 is 40.0 Å². The zero-order valence-electron chi connectivity index (χ0n) is 21.3. The quantitative estimate of drug-likeness (QED) is 0.293. The number of hydrogen-bond acceptors (Lipinski definition) is 8. The van der Waals surface area contributed by atoms with E-state index < -0.39 is 0 Å². The molecule has 4 rings (SSSR count). The van der Waals surface area contributed by atoms with Crippen LogP contribution in [-0.4, -0.2) is 39.0 Å². The van der Waals surface area contributed by atoms with Gasteiger partial charge in [0.15, 0.2) is 17.1 Å². The minimum absolute atomic E-state index is 0.142. The molecule has 1 unspecified atom stereocenters. The number of amides is 1. The normalized spacial score (nSPS) is 13.7. The van der Waals surface area contributed by atoms with Crippen LogP contribution in [0.15, 0.2) is 23.4 Å². The fourth-order valence-electron chi connectivity index (χ4n) is 4.22.